The molecule has 1 aliphatic rings. The fraction of sp³-hybridized carbons (Fsp3) is 0.0435. The maximum Gasteiger partial charge on any atom is 0.282 e. The molecule has 3 aromatic rings. The van der Waals surface area contributed by atoms with Gasteiger partial charge < -0.3 is 0 Å². The van der Waals surface area contributed by atoms with Crippen LogP contribution in [0.4, 0.5) is 5.69 Å². The van der Waals surface area contributed by atoms with Crippen LogP contribution in [0.3, 0.4) is 0 Å². The smallest absolute Gasteiger partial charge is 0.266 e. The van der Waals surface area contributed by atoms with Gasteiger partial charge in [-0.1, -0.05) is 78.3 Å². The van der Waals surface area contributed by atoms with Gasteiger partial charge in [0.1, 0.15) is 11.5 Å². The Kier molecular flexibility index (Phi) is 4.61. The van der Waals surface area contributed by atoms with E-state index in [1.54, 1.807) is 4.90 Å². The lowest BCUT2D eigenvalue weighted by Crippen LogP contribution is -2.33. The normalized spacial score (nSPS) is 15.3. The summed E-state index contributed by atoms with van der Waals surface area (Å²) in [5.41, 5.74) is 3.80. The van der Waals surface area contributed by atoms with Gasteiger partial charge in [0.2, 0.25) is 0 Å². The molecule has 0 radical (unpaired) electrons. The number of amides is 1. The van der Waals surface area contributed by atoms with Crippen molar-refractivity contribution in [2.75, 3.05) is 4.90 Å². The number of amidine groups is 1. The quantitative estimate of drug-likeness (QED) is 0.560. The Morgan fingerprint density at radius 1 is 0.889 bits per heavy atom. The molecule has 4 heteroatoms. The van der Waals surface area contributed by atoms with Gasteiger partial charge in [-0.05, 0) is 36.3 Å². The van der Waals surface area contributed by atoms with Gasteiger partial charge in [-0.2, -0.15) is 0 Å². The van der Waals surface area contributed by atoms with E-state index in [2.05, 4.69) is 4.99 Å². The number of anilines is 1. The van der Waals surface area contributed by atoms with Crippen LogP contribution in [0.15, 0.2) is 89.6 Å². The Labute approximate surface area is 163 Å². The average Bonchev–Trinajstić information content (AvgIpc) is 3.02. The van der Waals surface area contributed by atoms with E-state index < -0.39 is 0 Å². The molecular formula is C23H17ClN2O. The predicted octanol–water partition coefficient (Wildman–Crippen LogP) is 5.48. The maximum absolute atomic E-state index is 13.3. The average molecular weight is 373 g/mol. The molecule has 0 bridgehead atoms. The summed E-state index contributed by atoms with van der Waals surface area (Å²) in [4.78, 5) is 19.6. The number of hydrogen-bond acceptors (Lipinski definition) is 2. The Morgan fingerprint density at radius 3 is 2.26 bits per heavy atom. The molecule has 1 heterocycles. The molecule has 0 spiro atoms. The summed E-state index contributed by atoms with van der Waals surface area (Å²) in [5.74, 6) is 0.441. The predicted molar refractivity (Wildman–Crippen MR) is 111 cm³/mol. The van der Waals surface area contributed by atoms with Crippen LogP contribution in [-0.2, 0) is 4.79 Å². The molecule has 132 valence electrons. The first-order valence-corrected chi connectivity index (χ1v) is 9.03. The van der Waals surface area contributed by atoms with Crippen LogP contribution in [0.1, 0.15) is 16.7 Å². The van der Waals surface area contributed by atoms with Crippen LogP contribution in [-0.4, -0.2) is 11.7 Å². The van der Waals surface area contributed by atoms with Crippen LogP contribution in [0.25, 0.3) is 6.08 Å². The molecule has 0 atom stereocenters. The Balaban J connectivity index is 1.87. The number of carbonyl (C=O) groups excluding carboxylic acids is 1. The number of rotatable bonds is 3. The minimum Gasteiger partial charge on any atom is -0.266 e. The van der Waals surface area contributed by atoms with Crippen LogP contribution in [0, 0.1) is 6.92 Å². The second-order valence-corrected chi connectivity index (χ2v) is 6.67. The molecule has 0 aromatic heterocycles. The standard InChI is InChI=1S/C23H17ClN2O/c1-16-19(24)13-8-14-21(16)26-22(18-11-6-3-7-12-18)25-20(23(26)27)15-17-9-4-2-5-10-17/h2-15H,1H3/b20-15+. The molecule has 0 saturated heterocycles. The highest BCUT2D eigenvalue weighted by molar-refractivity contribution is 6.35. The Bertz CT molecular complexity index is 1060. The highest BCUT2D eigenvalue weighted by Gasteiger charge is 2.33. The van der Waals surface area contributed by atoms with Gasteiger partial charge in [-0.3, -0.25) is 9.69 Å². The number of benzene rings is 3. The second-order valence-electron chi connectivity index (χ2n) is 6.27. The van der Waals surface area contributed by atoms with E-state index in [-0.39, 0.29) is 5.91 Å². The summed E-state index contributed by atoms with van der Waals surface area (Å²) in [6, 6.07) is 25.0. The fourth-order valence-electron chi connectivity index (χ4n) is 3.07. The molecule has 0 N–H and O–H groups in total. The minimum atomic E-state index is -0.164. The summed E-state index contributed by atoms with van der Waals surface area (Å²) >= 11 is 6.31. The molecule has 0 fully saturated rings. The second kappa shape index (κ2) is 7.22. The van der Waals surface area contributed by atoms with Gasteiger partial charge in [-0.25, -0.2) is 4.99 Å². The number of carbonyl (C=O) groups is 1. The molecule has 27 heavy (non-hydrogen) atoms. The fourth-order valence-corrected chi connectivity index (χ4v) is 3.24. The molecular weight excluding hydrogens is 356 g/mol. The molecule has 0 unspecified atom stereocenters. The molecule has 0 saturated carbocycles. The van der Waals surface area contributed by atoms with Crippen molar-refractivity contribution in [1.29, 1.82) is 0 Å². The summed E-state index contributed by atoms with van der Waals surface area (Å²) in [7, 11) is 0. The van der Waals surface area contributed by atoms with Crippen molar-refractivity contribution in [1.82, 2.24) is 0 Å². The van der Waals surface area contributed by atoms with E-state index in [0.717, 1.165) is 22.4 Å². The first kappa shape index (κ1) is 17.3. The zero-order chi connectivity index (χ0) is 18.8. The number of hydrogen-bond donors (Lipinski definition) is 0. The Morgan fingerprint density at radius 2 is 1.56 bits per heavy atom. The first-order valence-electron chi connectivity index (χ1n) is 8.65. The number of aliphatic imine (C=N–C) groups is 1. The molecule has 0 aliphatic carbocycles. The van der Waals surface area contributed by atoms with E-state index >= 15 is 0 Å². The van der Waals surface area contributed by atoms with Crippen molar-refractivity contribution in [2.24, 2.45) is 4.99 Å². The molecule has 4 rings (SSSR count). The largest absolute Gasteiger partial charge is 0.282 e. The number of nitrogens with zero attached hydrogens (tertiary/aromatic N) is 2. The summed E-state index contributed by atoms with van der Waals surface area (Å²) in [6.45, 7) is 1.91. The van der Waals surface area contributed by atoms with E-state index in [4.69, 9.17) is 11.6 Å². The van der Waals surface area contributed by atoms with Crippen LogP contribution < -0.4 is 4.90 Å². The number of halogens is 1. The molecule has 1 aliphatic heterocycles. The van der Waals surface area contributed by atoms with Gasteiger partial charge in [-0.15, -0.1) is 0 Å². The third kappa shape index (κ3) is 3.29. The third-order valence-corrected chi connectivity index (χ3v) is 4.88. The topological polar surface area (TPSA) is 32.7 Å². The van der Waals surface area contributed by atoms with Gasteiger partial charge in [0.15, 0.2) is 0 Å². The molecule has 3 aromatic carbocycles. The minimum absolute atomic E-state index is 0.164. The van der Waals surface area contributed by atoms with E-state index in [1.807, 2.05) is 91.9 Å². The van der Waals surface area contributed by atoms with Crippen molar-refractivity contribution < 1.29 is 4.79 Å². The summed E-state index contributed by atoms with van der Waals surface area (Å²) in [6.07, 6.45) is 1.81. The van der Waals surface area contributed by atoms with Crippen LogP contribution >= 0.6 is 11.6 Å². The van der Waals surface area contributed by atoms with Crippen LogP contribution in [0.2, 0.25) is 5.02 Å². The SMILES string of the molecule is Cc1c(Cl)cccc1N1C(=O)/C(=C\c2ccccc2)N=C1c1ccccc1. The highest BCUT2D eigenvalue weighted by Crippen LogP contribution is 2.32. The van der Waals surface area contributed by atoms with E-state index in [0.29, 0.717) is 16.6 Å². The lowest BCUT2D eigenvalue weighted by molar-refractivity contribution is -0.113. The van der Waals surface area contributed by atoms with Crippen molar-refractivity contribution in [3.05, 3.63) is 106 Å². The molecule has 1 amide bonds. The van der Waals surface area contributed by atoms with Crippen molar-refractivity contribution in [2.45, 2.75) is 6.92 Å². The highest BCUT2D eigenvalue weighted by atomic mass is 35.5. The van der Waals surface area contributed by atoms with E-state index in [9.17, 15) is 4.79 Å². The van der Waals surface area contributed by atoms with Gasteiger partial charge in [0.25, 0.3) is 5.91 Å². The van der Waals surface area contributed by atoms with Crippen LogP contribution in [0.5, 0.6) is 0 Å². The first-order chi connectivity index (χ1) is 13.1. The van der Waals surface area contributed by atoms with Crippen molar-refractivity contribution >= 4 is 35.1 Å². The lowest BCUT2D eigenvalue weighted by Gasteiger charge is -2.21. The summed E-state index contributed by atoms with van der Waals surface area (Å²) < 4.78 is 0. The lowest BCUT2D eigenvalue weighted by atomic mass is 10.1. The maximum atomic E-state index is 13.3. The van der Waals surface area contributed by atoms with Gasteiger partial charge in [0, 0.05) is 10.6 Å². The molecule has 3 nitrogen and oxygen atoms in total. The monoisotopic (exact) mass is 372 g/mol. The van der Waals surface area contributed by atoms with Crippen molar-refractivity contribution in [3.8, 4) is 0 Å². The zero-order valence-corrected chi connectivity index (χ0v) is 15.5. The summed E-state index contributed by atoms with van der Waals surface area (Å²) in [5, 5.41) is 0.619. The third-order valence-electron chi connectivity index (χ3n) is 4.48. The van der Waals surface area contributed by atoms with Gasteiger partial charge >= 0.3 is 0 Å². The van der Waals surface area contributed by atoms with Crippen molar-refractivity contribution in [3.63, 3.8) is 0 Å². The Hall–Kier alpha value is -3.17. The van der Waals surface area contributed by atoms with Gasteiger partial charge in [0.05, 0.1) is 5.69 Å². The zero-order valence-electron chi connectivity index (χ0n) is 14.8. The van der Waals surface area contributed by atoms with E-state index in [1.165, 1.54) is 0 Å².